The molecule has 0 rings (SSSR count). The molecule has 0 bridgehead atoms. The van der Waals surface area contributed by atoms with E-state index in [2.05, 4.69) is 9.88 Å². The summed E-state index contributed by atoms with van der Waals surface area (Å²) in [5, 5.41) is 0. The van der Waals surface area contributed by atoms with Crippen molar-refractivity contribution in [3.8, 4) is 0 Å². The summed E-state index contributed by atoms with van der Waals surface area (Å²) in [4.78, 5) is 4.18. The number of hydrogen-bond acceptors (Lipinski definition) is 0. The normalized spacial score (nSPS) is 2.00. The predicted molar refractivity (Wildman–Crippen MR) is 25.3 cm³/mol. The Morgan fingerprint density at radius 2 is 0.571 bits per heavy atom. The topological polar surface area (TPSA) is 85.5 Å². The first kappa shape index (κ1) is 39.2. The average molecular weight is 315 g/mol. The van der Waals surface area contributed by atoms with Crippen LogP contribution in [0, 0.1) is 0 Å². The fourth-order valence-electron chi connectivity index (χ4n) is 0. The van der Waals surface area contributed by atoms with Crippen molar-refractivity contribution in [2.24, 2.45) is 0 Å². The summed E-state index contributed by atoms with van der Waals surface area (Å²) in [5.74, 6) is 0. The Hall–Kier alpha value is 1.48. The van der Waals surface area contributed by atoms with Gasteiger partial charge in [0.2, 0.25) is 0 Å². The third-order valence-electron chi connectivity index (χ3n) is 0. The Balaban J connectivity index is -0.00000000267. The van der Waals surface area contributed by atoms with Crippen molar-refractivity contribution in [2.45, 2.75) is 9.88 Å². The third-order valence-corrected chi connectivity index (χ3v) is 0. The van der Waals surface area contributed by atoms with Crippen LogP contribution in [0.4, 0.5) is 0 Å². The molecule has 3 nitrogen and oxygen atoms in total. The molecule has 0 aliphatic carbocycles. The van der Waals surface area contributed by atoms with E-state index < -0.39 is 0 Å². The van der Waals surface area contributed by atoms with E-state index in [0.29, 0.717) is 0 Å². The second-order valence-electron chi connectivity index (χ2n) is 0. The van der Waals surface area contributed by atoms with Gasteiger partial charge in [-0.1, -0.05) is 0 Å². The van der Waals surface area contributed by atoms with Gasteiger partial charge in [0, 0.05) is 0 Å². The van der Waals surface area contributed by atoms with E-state index in [9.17, 15) is 0 Å². The van der Waals surface area contributed by atoms with E-state index in [0.717, 1.165) is 0 Å². The summed E-state index contributed by atoms with van der Waals surface area (Å²) in [5.41, 5.74) is 0. The molecule has 0 saturated heterocycles. The second-order valence-corrected chi connectivity index (χ2v) is 0. The van der Waals surface area contributed by atoms with Gasteiger partial charge in [-0.2, -0.15) is 0 Å². The van der Waals surface area contributed by atoms with Crippen LogP contribution in [-0.4, -0.2) is 45.0 Å². The maximum absolute atomic E-state index is 2.09. The van der Waals surface area contributed by atoms with Crippen LogP contribution >= 0.6 is 0 Å². The Morgan fingerprint density at radius 1 is 0.571 bits per heavy atom. The van der Waals surface area contributed by atoms with Crippen molar-refractivity contribution in [3.05, 3.63) is 0 Å². The second kappa shape index (κ2) is 144. The molecule has 5 heteroatoms. The van der Waals surface area contributed by atoms with Gasteiger partial charge < -0.3 is 16.4 Å². The molecule has 0 aliphatic heterocycles. The molecular formula is C2H6O3Sn2. The van der Waals surface area contributed by atoms with E-state index >= 15 is 0 Å². The smallest absolute Gasteiger partial charge is 2.00 e. The van der Waals surface area contributed by atoms with Gasteiger partial charge in [-0.05, 0) is 0 Å². The molecule has 0 amide bonds. The fourth-order valence-corrected chi connectivity index (χ4v) is 0. The van der Waals surface area contributed by atoms with Gasteiger partial charge in [0.1, 0.15) is 0 Å². The van der Waals surface area contributed by atoms with Crippen molar-refractivity contribution in [2.75, 3.05) is 0 Å². The number of rotatable bonds is 0. The van der Waals surface area contributed by atoms with E-state index in [-0.39, 0.29) is 16.4 Å². The molecular weight excluding hydrogens is 309 g/mol. The zero-order chi connectivity index (χ0) is 4.00. The standard InChI is InChI=1S/2CH3.3O.2Sn/h2*1H3;;;;;/q;;3*-2;2*+3. The molecule has 0 atom stereocenters. The zero-order valence-electron chi connectivity index (χ0n) is 4.22. The molecule has 0 spiro atoms. The Bertz CT molecular complexity index is 10.9. The van der Waals surface area contributed by atoms with Crippen molar-refractivity contribution in [1.82, 2.24) is 0 Å². The minimum Gasteiger partial charge on any atom is -2.00 e. The zero-order valence-corrected chi connectivity index (χ0v) is 9.93. The summed E-state index contributed by atoms with van der Waals surface area (Å²) >= 11 is 3.10. The van der Waals surface area contributed by atoms with Gasteiger partial charge in [-0.25, -0.2) is 0 Å². The van der Waals surface area contributed by atoms with Crippen molar-refractivity contribution in [1.29, 1.82) is 0 Å². The van der Waals surface area contributed by atoms with Gasteiger partial charge in [0.25, 0.3) is 0 Å². The van der Waals surface area contributed by atoms with Gasteiger partial charge in [-0.3, -0.25) is 0 Å². The summed E-state index contributed by atoms with van der Waals surface area (Å²) in [6.45, 7) is 0. The minimum atomic E-state index is 0. The molecule has 0 aliphatic rings. The first-order valence-corrected chi connectivity index (χ1v) is 6.71. The molecule has 0 radical (unpaired) electrons. The van der Waals surface area contributed by atoms with E-state index in [1.807, 2.05) is 0 Å². The quantitative estimate of drug-likeness (QED) is 0.566. The Morgan fingerprint density at radius 3 is 0.571 bits per heavy atom. The maximum atomic E-state index is 2.09. The van der Waals surface area contributed by atoms with Crippen LogP contribution in [-0.2, 0) is 16.4 Å². The van der Waals surface area contributed by atoms with Crippen LogP contribution in [0.25, 0.3) is 0 Å². The van der Waals surface area contributed by atoms with E-state index in [1.165, 1.54) is 0 Å². The number of hydrogen-bond donors (Lipinski definition) is 0. The molecule has 0 N–H and O–H groups in total. The first-order chi connectivity index (χ1) is 2.00. The average Bonchev–Trinajstić information content (AvgIpc) is 1.50. The molecule has 0 saturated carbocycles. The van der Waals surface area contributed by atoms with Crippen LogP contribution in [0.15, 0.2) is 0 Å². The summed E-state index contributed by atoms with van der Waals surface area (Å²) in [6.07, 6.45) is 0. The third kappa shape index (κ3) is 103. The largest absolute Gasteiger partial charge is 2.00 e. The maximum Gasteiger partial charge on any atom is -2.00 e. The van der Waals surface area contributed by atoms with Crippen LogP contribution in [0.3, 0.4) is 0 Å². The van der Waals surface area contributed by atoms with Crippen LogP contribution in [0.1, 0.15) is 0 Å². The van der Waals surface area contributed by atoms with Gasteiger partial charge in [0.15, 0.2) is 0 Å². The molecule has 0 aromatic rings. The van der Waals surface area contributed by atoms with Crippen molar-refractivity contribution >= 4 is 45.0 Å². The first-order valence-electron chi connectivity index (χ1n) is 1.00. The van der Waals surface area contributed by atoms with E-state index in [1.54, 1.807) is 45.0 Å². The molecule has 0 heterocycles. The molecule has 0 fully saturated rings. The monoisotopic (exact) mass is 318 g/mol. The van der Waals surface area contributed by atoms with Gasteiger partial charge in [0.05, 0.1) is 0 Å². The van der Waals surface area contributed by atoms with Crippen molar-refractivity contribution in [3.63, 3.8) is 0 Å². The van der Waals surface area contributed by atoms with Crippen LogP contribution in [0.5, 0.6) is 0 Å². The van der Waals surface area contributed by atoms with Crippen LogP contribution in [0.2, 0.25) is 9.88 Å². The summed E-state index contributed by atoms with van der Waals surface area (Å²) in [6, 6.07) is 0. The Kier molecular flexibility index (Phi) is 805. The molecule has 0 unspecified atom stereocenters. The predicted octanol–water partition coefficient (Wildman–Crippen LogP) is 0.0496. The molecule has 7 heavy (non-hydrogen) atoms. The SMILES string of the molecule is [CH3][Sn+3].[CH3][Sn+3].[O-2].[O-2].[O-2]. The fraction of sp³-hybridized carbons (Fsp3) is 1.00. The molecule has 0 aromatic carbocycles. The van der Waals surface area contributed by atoms with Crippen LogP contribution < -0.4 is 0 Å². The minimum absolute atomic E-state index is 0. The Labute approximate surface area is 71.0 Å². The van der Waals surface area contributed by atoms with E-state index in [4.69, 9.17) is 0 Å². The van der Waals surface area contributed by atoms with Gasteiger partial charge in [-0.15, -0.1) is 0 Å². The van der Waals surface area contributed by atoms with Crippen molar-refractivity contribution < 1.29 is 16.4 Å². The molecule has 40 valence electrons. The summed E-state index contributed by atoms with van der Waals surface area (Å²) < 4.78 is 0. The summed E-state index contributed by atoms with van der Waals surface area (Å²) in [7, 11) is 0. The van der Waals surface area contributed by atoms with Gasteiger partial charge >= 0.3 is 54.9 Å². The molecule has 0 aromatic heterocycles.